The van der Waals surface area contributed by atoms with Gasteiger partial charge in [0.15, 0.2) is 0 Å². The molecule has 1 aliphatic carbocycles. The zero-order chi connectivity index (χ0) is 15.4. The summed E-state index contributed by atoms with van der Waals surface area (Å²) in [6.07, 6.45) is 8.71. The van der Waals surface area contributed by atoms with E-state index >= 15 is 0 Å². The first kappa shape index (κ1) is 14.5. The highest BCUT2D eigenvalue weighted by Gasteiger charge is 2.20. The van der Waals surface area contributed by atoms with Crippen molar-refractivity contribution >= 4 is 5.91 Å². The molecule has 2 aromatic rings. The second-order valence-electron chi connectivity index (χ2n) is 5.71. The molecule has 1 amide bonds. The summed E-state index contributed by atoms with van der Waals surface area (Å²) < 4.78 is 0. The monoisotopic (exact) mass is 297 g/mol. The molecule has 0 aliphatic heterocycles. The van der Waals surface area contributed by atoms with Gasteiger partial charge in [-0.1, -0.05) is 6.07 Å². The maximum atomic E-state index is 12.1. The molecule has 114 valence electrons. The van der Waals surface area contributed by atoms with E-state index in [9.17, 15) is 9.90 Å². The van der Waals surface area contributed by atoms with E-state index in [-0.39, 0.29) is 11.9 Å². The fourth-order valence-corrected chi connectivity index (χ4v) is 2.88. The van der Waals surface area contributed by atoms with Crippen LogP contribution in [0.3, 0.4) is 0 Å². The molecular formula is C17H19N3O2. The number of aromatic nitrogens is 2. The van der Waals surface area contributed by atoms with E-state index in [1.165, 1.54) is 17.5 Å². The van der Waals surface area contributed by atoms with Crippen LogP contribution in [0.1, 0.15) is 29.5 Å². The molecular weight excluding hydrogens is 278 g/mol. The summed E-state index contributed by atoms with van der Waals surface area (Å²) in [5.41, 5.74) is 3.37. The predicted octanol–water partition coefficient (Wildman–Crippen LogP) is 1.79. The van der Waals surface area contributed by atoms with Gasteiger partial charge in [-0.25, -0.2) is 9.97 Å². The number of hydrogen-bond donors (Lipinski definition) is 2. The minimum atomic E-state index is 0.0658. The maximum absolute atomic E-state index is 12.1. The van der Waals surface area contributed by atoms with Gasteiger partial charge < -0.3 is 10.4 Å². The van der Waals surface area contributed by atoms with Gasteiger partial charge in [-0.15, -0.1) is 0 Å². The van der Waals surface area contributed by atoms with Crippen molar-refractivity contribution in [1.82, 2.24) is 15.3 Å². The highest BCUT2D eigenvalue weighted by molar-refractivity contribution is 5.76. The van der Waals surface area contributed by atoms with E-state index in [0.29, 0.717) is 18.6 Å². The normalized spacial score (nSPS) is 16.8. The Morgan fingerprint density at radius 3 is 2.91 bits per heavy atom. The lowest BCUT2D eigenvalue weighted by atomic mass is 9.88. The highest BCUT2D eigenvalue weighted by Crippen LogP contribution is 2.25. The van der Waals surface area contributed by atoms with Crippen LogP contribution in [-0.2, 0) is 24.1 Å². The number of phenols is 1. The van der Waals surface area contributed by atoms with Gasteiger partial charge in [-0.05, 0) is 54.5 Å². The minimum absolute atomic E-state index is 0.0658. The van der Waals surface area contributed by atoms with Crippen molar-refractivity contribution in [2.45, 2.75) is 38.1 Å². The van der Waals surface area contributed by atoms with E-state index in [0.717, 1.165) is 24.8 Å². The largest absolute Gasteiger partial charge is 0.508 e. The van der Waals surface area contributed by atoms with Crippen LogP contribution in [0.25, 0.3) is 0 Å². The molecule has 0 radical (unpaired) electrons. The lowest BCUT2D eigenvalue weighted by molar-refractivity contribution is -0.121. The first-order chi connectivity index (χ1) is 10.7. The van der Waals surface area contributed by atoms with Crippen LogP contribution in [0.15, 0.2) is 36.9 Å². The number of fused-ring (bicyclic) bond motifs is 1. The van der Waals surface area contributed by atoms with Gasteiger partial charge in [0.25, 0.3) is 0 Å². The van der Waals surface area contributed by atoms with Crippen molar-refractivity contribution in [3.63, 3.8) is 0 Å². The molecule has 1 aromatic carbocycles. The van der Waals surface area contributed by atoms with Crippen LogP contribution in [0.5, 0.6) is 5.75 Å². The Morgan fingerprint density at radius 1 is 1.27 bits per heavy atom. The lowest BCUT2D eigenvalue weighted by Crippen LogP contribution is -2.38. The van der Waals surface area contributed by atoms with E-state index in [4.69, 9.17) is 0 Å². The Bertz CT molecular complexity index is 658. The number of carbonyl (C=O) groups is 1. The van der Waals surface area contributed by atoms with E-state index in [2.05, 4.69) is 15.3 Å². The van der Waals surface area contributed by atoms with Crippen LogP contribution in [-0.4, -0.2) is 27.0 Å². The van der Waals surface area contributed by atoms with Crippen molar-refractivity contribution in [3.05, 3.63) is 53.6 Å². The van der Waals surface area contributed by atoms with Gasteiger partial charge >= 0.3 is 0 Å². The second-order valence-corrected chi connectivity index (χ2v) is 5.71. The fraction of sp³-hybridized carbons (Fsp3) is 0.353. The predicted molar refractivity (Wildman–Crippen MR) is 82.4 cm³/mol. The molecule has 1 atom stereocenters. The molecule has 5 nitrogen and oxygen atoms in total. The average Bonchev–Trinajstić information content (AvgIpc) is 2.54. The smallest absolute Gasteiger partial charge is 0.220 e. The maximum Gasteiger partial charge on any atom is 0.220 e. The van der Waals surface area contributed by atoms with Gasteiger partial charge in [0.2, 0.25) is 5.91 Å². The number of nitrogens with one attached hydrogen (secondary N) is 1. The summed E-state index contributed by atoms with van der Waals surface area (Å²) in [6.45, 7) is 0. The Morgan fingerprint density at radius 2 is 2.09 bits per heavy atom. The van der Waals surface area contributed by atoms with Gasteiger partial charge in [0.1, 0.15) is 12.1 Å². The van der Waals surface area contributed by atoms with Crippen LogP contribution in [0.2, 0.25) is 0 Å². The molecule has 0 saturated carbocycles. The Kier molecular flexibility index (Phi) is 4.32. The van der Waals surface area contributed by atoms with Crippen LogP contribution < -0.4 is 5.32 Å². The summed E-state index contributed by atoms with van der Waals surface area (Å²) in [6, 6.07) is 5.66. The second kappa shape index (κ2) is 6.56. The van der Waals surface area contributed by atoms with Gasteiger partial charge in [0, 0.05) is 24.9 Å². The van der Waals surface area contributed by atoms with Gasteiger partial charge in [-0.2, -0.15) is 0 Å². The molecule has 1 aromatic heterocycles. The molecule has 3 rings (SSSR count). The highest BCUT2D eigenvalue weighted by atomic mass is 16.3. The van der Waals surface area contributed by atoms with E-state index < -0.39 is 0 Å². The molecule has 1 unspecified atom stereocenters. The Hall–Kier alpha value is -2.43. The number of nitrogens with zero attached hydrogens (tertiary/aromatic N) is 2. The minimum Gasteiger partial charge on any atom is -0.508 e. The quantitative estimate of drug-likeness (QED) is 0.902. The average molecular weight is 297 g/mol. The molecule has 0 saturated heterocycles. The molecule has 1 aliphatic rings. The SMILES string of the molecule is O=C(CCc1cncnc1)NC1CCc2cc(O)ccc2C1. The van der Waals surface area contributed by atoms with Crippen LogP contribution >= 0.6 is 0 Å². The topological polar surface area (TPSA) is 75.1 Å². The number of rotatable bonds is 4. The Labute approximate surface area is 129 Å². The number of carbonyl (C=O) groups excluding carboxylic acids is 1. The van der Waals surface area contributed by atoms with Gasteiger partial charge in [0.05, 0.1) is 0 Å². The number of aromatic hydroxyl groups is 1. The molecule has 2 N–H and O–H groups in total. The van der Waals surface area contributed by atoms with Crippen molar-refractivity contribution in [2.75, 3.05) is 0 Å². The van der Waals surface area contributed by atoms with Crippen LogP contribution in [0.4, 0.5) is 0 Å². The van der Waals surface area contributed by atoms with Crippen molar-refractivity contribution in [1.29, 1.82) is 0 Å². The fourth-order valence-electron chi connectivity index (χ4n) is 2.88. The zero-order valence-electron chi connectivity index (χ0n) is 12.3. The van der Waals surface area contributed by atoms with Crippen molar-refractivity contribution in [2.24, 2.45) is 0 Å². The van der Waals surface area contributed by atoms with Crippen molar-refractivity contribution in [3.8, 4) is 5.75 Å². The summed E-state index contributed by atoms with van der Waals surface area (Å²) >= 11 is 0. The van der Waals surface area contributed by atoms with E-state index in [1.807, 2.05) is 12.1 Å². The third kappa shape index (κ3) is 3.61. The summed E-state index contributed by atoms with van der Waals surface area (Å²) in [4.78, 5) is 20.0. The molecule has 1 heterocycles. The third-order valence-corrected chi connectivity index (χ3v) is 4.04. The molecule has 5 heteroatoms. The first-order valence-electron chi connectivity index (χ1n) is 7.55. The number of phenolic OH excluding ortho intramolecular Hbond substituents is 1. The summed E-state index contributed by atoms with van der Waals surface area (Å²) in [5.74, 6) is 0.377. The molecule has 0 bridgehead atoms. The molecule has 0 spiro atoms. The number of amides is 1. The standard InChI is InChI=1S/C17H19N3O2/c21-16-5-3-13-7-15(4-2-14(13)8-16)20-17(22)6-1-12-9-18-11-19-10-12/h3,5,8-11,15,21H,1-2,4,6-7H2,(H,20,22). The summed E-state index contributed by atoms with van der Waals surface area (Å²) in [7, 11) is 0. The lowest BCUT2D eigenvalue weighted by Gasteiger charge is -2.25. The number of aryl methyl sites for hydroxylation is 2. The Balaban J connectivity index is 1.51. The number of hydrogen-bond acceptors (Lipinski definition) is 4. The zero-order valence-corrected chi connectivity index (χ0v) is 12.3. The van der Waals surface area contributed by atoms with Crippen molar-refractivity contribution < 1.29 is 9.90 Å². The van der Waals surface area contributed by atoms with Gasteiger partial charge in [-0.3, -0.25) is 4.79 Å². The third-order valence-electron chi connectivity index (χ3n) is 4.04. The molecule has 22 heavy (non-hydrogen) atoms. The van der Waals surface area contributed by atoms with E-state index in [1.54, 1.807) is 18.5 Å². The summed E-state index contributed by atoms with van der Waals surface area (Å²) in [5, 5.41) is 12.6. The number of benzene rings is 1. The van der Waals surface area contributed by atoms with Crippen LogP contribution in [0, 0.1) is 0 Å². The first-order valence-corrected chi connectivity index (χ1v) is 7.55. The molecule has 0 fully saturated rings.